The molecule has 0 fully saturated rings. The highest BCUT2D eigenvalue weighted by Crippen LogP contribution is 2.34. The molecular weight excluding hydrogens is 458 g/mol. The number of nitrogens with one attached hydrogen (secondary N) is 1. The second-order valence-electron chi connectivity index (χ2n) is 6.57. The van der Waals surface area contributed by atoms with Crippen molar-refractivity contribution in [3.05, 3.63) is 77.3 Å². The Labute approximate surface area is 187 Å². The minimum absolute atomic E-state index is 0.0453. The first-order valence-electron chi connectivity index (χ1n) is 9.16. The number of amides is 1. The number of aromatic nitrogens is 6. The number of hydrogen-bond acceptors (Lipinski definition) is 7. The smallest absolute Gasteiger partial charge is 0.320 e. The van der Waals surface area contributed by atoms with Gasteiger partial charge in [0.2, 0.25) is 0 Å². The number of carbonyl (C=O) groups excluding carboxylic acids is 1. The van der Waals surface area contributed by atoms with Crippen molar-refractivity contribution in [1.29, 1.82) is 10.5 Å². The van der Waals surface area contributed by atoms with Gasteiger partial charge in [-0.2, -0.15) is 39.0 Å². The Hall–Kier alpha value is -5.11. The molecule has 10 nitrogen and oxygen atoms in total. The first kappa shape index (κ1) is 22.1. The molecule has 168 valence electrons. The van der Waals surface area contributed by atoms with Gasteiger partial charge in [-0.15, -0.1) is 4.80 Å². The lowest BCUT2D eigenvalue weighted by Crippen LogP contribution is -2.21. The second kappa shape index (κ2) is 8.44. The molecule has 0 saturated heterocycles. The Morgan fingerprint density at radius 2 is 1.71 bits per heavy atom. The summed E-state index contributed by atoms with van der Waals surface area (Å²) >= 11 is 0. The average Bonchev–Trinajstić information content (AvgIpc) is 3.49. The summed E-state index contributed by atoms with van der Waals surface area (Å²) < 4.78 is 55.6. The first-order chi connectivity index (χ1) is 16.2. The number of nitrogens with zero attached hydrogens (tertiary/aromatic N) is 8. The summed E-state index contributed by atoms with van der Waals surface area (Å²) in [4.78, 5) is 17.7. The van der Waals surface area contributed by atoms with Crippen LogP contribution in [-0.4, -0.2) is 35.7 Å². The van der Waals surface area contributed by atoms with Gasteiger partial charge in [0.25, 0.3) is 5.91 Å². The maximum Gasteiger partial charge on any atom is 0.434 e. The Balaban J connectivity index is 1.71. The maximum absolute atomic E-state index is 13.9. The molecule has 0 saturated carbocycles. The lowest BCUT2D eigenvalue weighted by atomic mass is 10.1. The number of benzene rings is 1. The van der Waals surface area contributed by atoms with Crippen LogP contribution < -0.4 is 5.32 Å². The van der Waals surface area contributed by atoms with Crippen molar-refractivity contribution in [1.82, 2.24) is 29.8 Å². The number of alkyl halides is 3. The molecule has 3 aromatic heterocycles. The van der Waals surface area contributed by atoms with E-state index in [9.17, 15) is 27.6 Å². The molecule has 0 unspecified atom stereocenters. The largest absolute Gasteiger partial charge is 0.434 e. The Kier molecular flexibility index (Phi) is 5.48. The molecule has 1 N–H and O–H groups in total. The molecule has 4 aromatic rings. The van der Waals surface area contributed by atoms with Crippen LogP contribution in [0.1, 0.15) is 27.2 Å². The molecule has 0 spiro atoms. The second-order valence-corrected chi connectivity index (χ2v) is 6.57. The number of pyridine rings is 1. The van der Waals surface area contributed by atoms with Crippen LogP contribution in [0.25, 0.3) is 11.5 Å². The monoisotopic (exact) mass is 467 g/mol. The fourth-order valence-electron chi connectivity index (χ4n) is 3.00. The molecule has 34 heavy (non-hydrogen) atoms. The van der Waals surface area contributed by atoms with Crippen molar-refractivity contribution < 1.29 is 22.4 Å². The Morgan fingerprint density at radius 3 is 2.35 bits per heavy atom. The highest BCUT2D eigenvalue weighted by molar-refractivity contribution is 6.05. The van der Waals surface area contributed by atoms with Crippen LogP contribution in [0.15, 0.2) is 49.1 Å². The molecule has 0 bridgehead atoms. The summed E-state index contributed by atoms with van der Waals surface area (Å²) in [6, 6.07) is 7.26. The van der Waals surface area contributed by atoms with Crippen molar-refractivity contribution in [2.24, 2.45) is 0 Å². The minimum atomic E-state index is -5.03. The summed E-state index contributed by atoms with van der Waals surface area (Å²) in [6.45, 7) is 0. The van der Waals surface area contributed by atoms with Gasteiger partial charge in [0.1, 0.15) is 23.5 Å². The zero-order chi connectivity index (χ0) is 24.5. The molecular formula is C20H9F4N9O. The van der Waals surface area contributed by atoms with E-state index in [1.54, 1.807) is 0 Å². The average molecular weight is 467 g/mol. The highest BCUT2D eigenvalue weighted by atomic mass is 19.4. The molecule has 0 aliphatic carbocycles. The van der Waals surface area contributed by atoms with E-state index in [-0.39, 0.29) is 22.8 Å². The maximum atomic E-state index is 13.9. The number of nitriles is 2. The van der Waals surface area contributed by atoms with Crippen LogP contribution >= 0.6 is 0 Å². The van der Waals surface area contributed by atoms with E-state index in [0.717, 1.165) is 29.2 Å². The fraction of sp³-hybridized carbons (Fsp3) is 0.0500. The van der Waals surface area contributed by atoms with Crippen LogP contribution in [0.4, 0.5) is 23.2 Å². The van der Waals surface area contributed by atoms with Gasteiger partial charge in [-0.25, -0.2) is 14.1 Å². The fourth-order valence-corrected chi connectivity index (χ4v) is 3.00. The molecule has 0 aliphatic heterocycles. The van der Waals surface area contributed by atoms with Gasteiger partial charge in [-0.05, 0) is 24.3 Å². The number of carbonyl (C=O) groups is 1. The SMILES string of the molecule is N#Cc1cc(-n2ncc(C(=O)Nc3cnc(-n4nccn4)c(C#N)c3)c2C(F)(F)F)ccc1F. The third-order valence-electron chi connectivity index (χ3n) is 4.45. The normalized spacial score (nSPS) is 11.0. The third-order valence-corrected chi connectivity index (χ3v) is 4.45. The van der Waals surface area contributed by atoms with E-state index in [4.69, 9.17) is 5.26 Å². The quantitative estimate of drug-likeness (QED) is 0.455. The van der Waals surface area contributed by atoms with Gasteiger partial charge in [-0.1, -0.05) is 0 Å². The van der Waals surface area contributed by atoms with Crippen LogP contribution in [0.5, 0.6) is 0 Å². The molecule has 1 aromatic carbocycles. The summed E-state index contributed by atoms with van der Waals surface area (Å²) in [6.07, 6.45) is -0.510. The highest BCUT2D eigenvalue weighted by Gasteiger charge is 2.40. The molecule has 3 heterocycles. The van der Waals surface area contributed by atoms with E-state index in [0.29, 0.717) is 10.9 Å². The molecule has 1 amide bonds. The van der Waals surface area contributed by atoms with Crippen LogP contribution in [0.2, 0.25) is 0 Å². The van der Waals surface area contributed by atoms with E-state index in [1.807, 2.05) is 6.07 Å². The number of halogens is 4. The van der Waals surface area contributed by atoms with Gasteiger partial charge < -0.3 is 5.32 Å². The lowest BCUT2D eigenvalue weighted by Gasteiger charge is -2.13. The van der Waals surface area contributed by atoms with E-state index in [1.165, 1.54) is 24.5 Å². The van der Waals surface area contributed by atoms with Gasteiger partial charge in [0, 0.05) is 0 Å². The summed E-state index contributed by atoms with van der Waals surface area (Å²) in [5.41, 5.74) is -3.15. The van der Waals surface area contributed by atoms with E-state index in [2.05, 4.69) is 25.6 Å². The van der Waals surface area contributed by atoms with Crippen LogP contribution in [-0.2, 0) is 6.18 Å². The standard InChI is InChI=1S/C20H9F4N9O/c21-16-2-1-14(6-11(16)7-25)32-17(20(22,23)24)15(10-30-32)19(34)31-13-5-12(8-26)18(27-9-13)33-28-3-4-29-33/h1-6,9-10H,(H,31,34). The number of anilines is 1. The van der Waals surface area contributed by atoms with Crippen molar-refractivity contribution in [2.45, 2.75) is 6.18 Å². The van der Waals surface area contributed by atoms with E-state index < -0.39 is 34.7 Å². The topological polar surface area (TPSA) is 138 Å². The van der Waals surface area contributed by atoms with Gasteiger partial charge in [0.05, 0.1) is 47.3 Å². The molecule has 4 rings (SSSR count). The predicted octanol–water partition coefficient (Wildman–Crippen LogP) is 3.00. The third kappa shape index (κ3) is 4.03. The van der Waals surface area contributed by atoms with E-state index >= 15 is 0 Å². The number of hydrogen-bond donors (Lipinski definition) is 1. The lowest BCUT2D eigenvalue weighted by molar-refractivity contribution is -0.143. The van der Waals surface area contributed by atoms with Crippen molar-refractivity contribution in [3.8, 4) is 23.6 Å². The summed E-state index contributed by atoms with van der Waals surface area (Å²) in [7, 11) is 0. The van der Waals surface area contributed by atoms with Crippen molar-refractivity contribution in [3.63, 3.8) is 0 Å². The van der Waals surface area contributed by atoms with Gasteiger partial charge in [0.15, 0.2) is 11.5 Å². The zero-order valence-electron chi connectivity index (χ0n) is 16.6. The molecule has 0 radical (unpaired) electrons. The molecule has 14 heteroatoms. The van der Waals surface area contributed by atoms with Gasteiger partial charge in [-0.3, -0.25) is 4.79 Å². The Bertz CT molecular complexity index is 1480. The number of rotatable bonds is 4. The van der Waals surface area contributed by atoms with Crippen LogP contribution in [0.3, 0.4) is 0 Å². The zero-order valence-corrected chi connectivity index (χ0v) is 16.6. The van der Waals surface area contributed by atoms with Crippen molar-refractivity contribution in [2.75, 3.05) is 5.32 Å². The molecule has 0 aliphatic rings. The predicted molar refractivity (Wildman–Crippen MR) is 105 cm³/mol. The minimum Gasteiger partial charge on any atom is -0.320 e. The van der Waals surface area contributed by atoms with Crippen molar-refractivity contribution >= 4 is 11.6 Å². The van der Waals surface area contributed by atoms with Gasteiger partial charge >= 0.3 is 6.18 Å². The molecule has 0 atom stereocenters. The Morgan fingerprint density at radius 1 is 1.00 bits per heavy atom. The summed E-state index contributed by atoms with van der Waals surface area (Å²) in [5, 5.41) is 31.9. The summed E-state index contributed by atoms with van der Waals surface area (Å²) in [5.74, 6) is -2.05. The van der Waals surface area contributed by atoms with Crippen LogP contribution in [0, 0.1) is 28.5 Å². The first-order valence-corrected chi connectivity index (χ1v) is 9.16.